The molecule has 0 saturated carbocycles. The van der Waals surface area contributed by atoms with Crippen LogP contribution in [0.2, 0.25) is 0 Å². The maximum Gasteiger partial charge on any atom is 0.269 e. The summed E-state index contributed by atoms with van der Waals surface area (Å²) in [5, 5.41) is 11.0. The summed E-state index contributed by atoms with van der Waals surface area (Å²) in [5.74, 6) is 0.0458. The highest BCUT2D eigenvalue weighted by Crippen LogP contribution is 2.39. The second-order valence-corrected chi connectivity index (χ2v) is 7.02. The van der Waals surface area contributed by atoms with Crippen LogP contribution in [0.15, 0.2) is 97.2 Å². The highest BCUT2D eigenvalue weighted by atomic mass is 16.6. The third kappa shape index (κ3) is 3.94. The molecule has 0 radical (unpaired) electrons. The van der Waals surface area contributed by atoms with Gasteiger partial charge in [0.25, 0.3) is 5.69 Å². The zero-order valence-corrected chi connectivity index (χ0v) is 15.7. The second kappa shape index (κ2) is 8.10. The summed E-state index contributed by atoms with van der Waals surface area (Å²) in [6.45, 7) is 0. The number of nitro benzene ring substituents is 1. The molecule has 0 N–H and O–H groups in total. The molecule has 1 atom stereocenters. The molecular weight excluding hydrogens is 364 g/mol. The molecule has 0 aliphatic carbocycles. The first-order valence-corrected chi connectivity index (χ1v) is 9.46. The number of ketones is 1. The Morgan fingerprint density at radius 1 is 0.862 bits per heavy atom. The van der Waals surface area contributed by atoms with Gasteiger partial charge in [-0.15, -0.1) is 0 Å². The average molecular weight is 384 g/mol. The fraction of sp³-hybridized carbons (Fsp3) is 0.125. The van der Waals surface area contributed by atoms with E-state index in [-0.39, 0.29) is 23.6 Å². The minimum atomic E-state index is -0.412. The van der Waals surface area contributed by atoms with E-state index in [1.54, 1.807) is 18.2 Å². The van der Waals surface area contributed by atoms with Crippen LogP contribution in [0.3, 0.4) is 0 Å². The summed E-state index contributed by atoms with van der Waals surface area (Å²) in [7, 11) is 0. The Bertz CT molecular complexity index is 991. The van der Waals surface area contributed by atoms with E-state index in [1.165, 1.54) is 12.1 Å². The molecule has 1 aliphatic heterocycles. The van der Waals surface area contributed by atoms with Crippen molar-refractivity contribution in [1.29, 1.82) is 0 Å². The van der Waals surface area contributed by atoms with Gasteiger partial charge < -0.3 is 4.90 Å². The maximum atomic E-state index is 12.2. The standard InChI is InChI=1S/C24H20N2O3/c27-22-15-16-25(23(17-22)18-11-13-21(14-12-18)26(28)29)24(19-7-3-1-4-8-19)20-9-5-2-6-10-20/h1-16,23-24H,17H2/t23-/m0/s1. The molecule has 0 fully saturated rings. The number of nitrogens with zero attached hydrogens (tertiary/aromatic N) is 2. The number of hydrogen-bond acceptors (Lipinski definition) is 4. The molecule has 5 nitrogen and oxygen atoms in total. The molecule has 0 spiro atoms. The molecule has 0 amide bonds. The Morgan fingerprint density at radius 2 is 1.41 bits per heavy atom. The van der Waals surface area contributed by atoms with Crippen LogP contribution < -0.4 is 0 Å². The molecule has 29 heavy (non-hydrogen) atoms. The fourth-order valence-electron chi connectivity index (χ4n) is 3.82. The predicted octanol–water partition coefficient (Wildman–Crippen LogP) is 5.21. The smallest absolute Gasteiger partial charge is 0.269 e. The van der Waals surface area contributed by atoms with Crippen LogP contribution in [-0.4, -0.2) is 15.6 Å². The van der Waals surface area contributed by atoms with Crippen molar-refractivity contribution in [1.82, 2.24) is 4.90 Å². The Hall–Kier alpha value is -3.73. The molecule has 3 aromatic rings. The average Bonchev–Trinajstić information content (AvgIpc) is 2.76. The number of non-ortho nitro benzene ring substituents is 1. The van der Waals surface area contributed by atoms with Crippen molar-refractivity contribution in [3.63, 3.8) is 0 Å². The summed E-state index contributed by atoms with van der Waals surface area (Å²) in [5.41, 5.74) is 3.15. The zero-order valence-electron chi connectivity index (χ0n) is 15.7. The molecule has 0 aromatic heterocycles. The van der Waals surface area contributed by atoms with Gasteiger partial charge in [0.1, 0.15) is 0 Å². The molecule has 0 bridgehead atoms. The maximum absolute atomic E-state index is 12.2. The first-order valence-electron chi connectivity index (χ1n) is 9.46. The summed E-state index contributed by atoms with van der Waals surface area (Å²) >= 11 is 0. The summed E-state index contributed by atoms with van der Waals surface area (Å²) in [4.78, 5) is 25.0. The number of nitro groups is 1. The van der Waals surface area contributed by atoms with Gasteiger partial charge in [-0.2, -0.15) is 0 Å². The van der Waals surface area contributed by atoms with Gasteiger partial charge in [-0.3, -0.25) is 14.9 Å². The molecule has 3 aromatic carbocycles. The molecule has 144 valence electrons. The minimum absolute atomic E-state index is 0.0423. The topological polar surface area (TPSA) is 63.5 Å². The Balaban J connectivity index is 1.79. The third-order valence-corrected chi connectivity index (χ3v) is 5.20. The molecule has 5 heteroatoms. The van der Waals surface area contributed by atoms with Gasteiger partial charge in [-0.05, 0) is 22.8 Å². The van der Waals surface area contributed by atoms with E-state index >= 15 is 0 Å². The van der Waals surface area contributed by atoms with Gasteiger partial charge in [-0.25, -0.2) is 0 Å². The third-order valence-electron chi connectivity index (χ3n) is 5.20. The van der Waals surface area contributed by atoms with Gasteiger partial charge >= 0.3 is 0 Å². The van der Waals surface area contributed by atoms with Gasteiger partial charge in [0.2, 0.25) is 0 Å². The lowest BCUT2D eigenvalue weighted by Gasteiger charge is -2.40. The van der Waals surface area contributed by atoms with Crippen molar-refractivity contribution in [2.24, 2.45) is 0 Å². The van der Waals surface area contributed by atoms with Crippen LogP contribution in [0, 0.1) is 10.1 Å². The summed E-state index contributed by atoms with van der Waals surface area (Å²) in [6.07, 6.45) is 3.79. The van der Waals surface area contributed by atoms with Crippen molar-refractivity contribution in [3.8, 4) is 0 Å². The predicted molar refractivity (Wildman–Crippen MR) is 111 cm³/mol. The summed E-state index contributed by atoms with van der Waals surface area (Å²) in [6, 6.07) is 26.5. The molecule has 0 saturated heterocycles. The Labute approximate surface area is 169 Å². The summed E-state index contributed by atoms with van der Waals surface area (Å²) < 4.78 is 0. The Kier molecular flexibility index (Phi) is 5.20. The van der Waals surface area contributed by atoms with Gasteiger partial charge in [0, 0.05) is 24.8 Å². The van der Waals surface area contributed by atoms with E-state index in [4.69, 9.17) is 0 Å². The van der Waals surface area contributed by atoms with Crippen molar-refractivity contribution >= 4 is 11.5 Å². The number of carbonyl (C=O) groups is 1. The Morgan fingerprint density at radius 3 is 1.93 bits per heavy atom. The quantitative estimate of drug-likeness (QED) is 0.447. The number of hydrogen-bond donors (Lipinski definition) is 0. The first-order chi connectivity index (χ1) is 14.1. The second-order valence-electron chi connectivity index (χ2n) is 7.02. The van der Waals surface area contributed by atoms with Crippen LogP contribution >= 0.6 is 0 Å². The van der Waals surface area contributed by atoms with E-state index in [0.717, 1.165) is 16.7 Å². The lowest BCUT2D eigenvalue weighted by atomic mass is 9.90. The normalized spacial score (nSPS) is 16.2. The molecule has 4 rings (SSSR count). The fourth-order valence-corrected chi connectivity index (χ4v) is 3.82. The van der Waals surface area contributed by atoms with E-state index in [9.17, 15) is 14.9 Å². The SMILES string of the molecule is O=C1C=CN(C(c2ccccc2)c2ccccc2)[C@H](c2ccc([N+](=O)[O-])cc2)C1. The first kappa shape index (κ1) is 18.6. The molecule has 1 heterocycles. The number of benzene rings is 3. The van der Waals surface area contributed by atoms with Crippen molar-refractivity contribution in [3.05, 3.63) is 124 Å². The highest BCUT2D eigenvalue weighted by Gasteiger charge is 2.31. The van der Waals surface area contributed by atoms with Gasteiger partial charge in [0.15, 0.2) is 5.78 Å². The highest BCUT2D eigenvalue weighted by molar-refractivity contribution is 5.91. The van der Waals surface area contributed by atoms with Gasteiger partial charge in [0.05, 0.1) is 17.0 Å². The van der Waals surface area contributed by atoms with E-state index < -0.39 is 4.92 Å². The molecule has 1 aliphatic rings. The van der Waals surface area contributed by atoms with Crippen molar-refractivity contribution < 1.29 is 9.72 Å². The lowest BCUT2D eigenvalue weighted by molar-refractivity contribution is -0.384. The van der Waals surface area contributed by atoms with Crippen molar-refractivity contribution in [2.75, 3.05) is 0 Å². The number of carbonyl (C=O) groups excluding carboxylic acids is 1. The van der Waals surface area contributed by atoms with Crippen LogP contribution in [0.5, 0.6) is 0 Å². The van der Waals surface area contributed by atoms with E-state index in [2.05, 4.69) is 29.2 Å². The lowest BCUT2D eigenvalue weighted by Crippen LogP contribution is -2.33. The zero-order chi connectivity index (χ0) is 20.2. The monoisotopic (exact) mass is 384 g/mol. The number of allylic oxidation sites excluding steroid dienone is 1. The van der Waals surface area contributed by atoms with Gasteiger partial charge in [-0.1, -0.05) is 72.8 Å². The van der Waals surface area contributed by atoms with Crippen LogP contribution in [0.1, 0.15) is 35.2 Å². The van der Waals surface area contributed by atoms with Crippen LogP contribution in [-0.2, 0) is 4.79 Å². The minimum Gasteiger partial charge on any atom is -0.359 e. The molecule has 0 unspecified atom stereocenters. The van der Waals surface area contributed by atoms with Crippen molar-refractivity contribution in [2.45, 2.75) is 18.5 Å². The van der Waals surface area contributed by atoms with Crippen LogP contribution in [0.25, 0.3) is 0 Å². The van der Waals surface area contributed by atoms with E-state index in [1.807, 2.05) is 42.6 Å². The molecular formula is C24H20N2O3. The largest absolute Gasteiger partial charge is 0.359 e. The van der Waals surface area contributed by atoms with Crippen LogP contribution in [0.4, 0.5) is 5.69 Å². The van der Waals surface area contributed by atoms with E-state index in [0.29, 0.717) is 6.42 Å². The number of rotatable bonds is 5.